The van der Waals surface area contributed by atoms with Crippen LogP contribution in [0.1, 0.15) is 57.8 Å². The highest BCUT2D eigenvalue weighted by Gasteiger charge is 1.86. The van der Waals surface area contributed by atoms with E-state index in [1.54, 1.807) is 0 Å². The molecule has 0 aliphatic heterocycles. The predicted molar refractivity (Wildman–Crippen MR) is 76.1 cm³/mol. The van der Waals surface area contributed by atoms with Gasteiger partial charge in [-0.2, -0.15) is 0 Å². The molecule has 0 atom stereocenters. The highest BCUT2D eigenvalue weighted by Crippen LogP contribution is 2.05. The van der Waals surface area contributed by atoms with E-state index in [-0.39, 0.29) is 0 Å². The van der Waals surface area contributed by atoms with E-state index < -0.39 is 0 Å². The van der Waals surface area contributed by atoms with E-state index >= 15 is 0 Å². The molecule has 0 radical (unpaired) electrons. The van der Waals surface area contributed by atoms with E-state index in [0.717, 1.165) is 25.5 Å². The van der Waals surface area contributed by atoms with Crippen LogP contribution >= 0.6 is 0 Å². The molecule has 0 aromatic carbocycles. The minimum Gasteiger partial charge on any atom is -0.303 e. The van der Waals surface area contributed by atoms with Gasteiger partial charge in [-0.3, -0.25) is 0 Å². The fourth-order valence-corrected chi connectivity index (χ4v) is 1.62. The lowest BCUT2D eigenvalue weighted by Crippen LogP contribution is -1.77. The van der Waals surface area contributed by atoms with Gasteiger partial charge in [-0.25, -0.2) is 0 Å². The third kappa shape index (κ3) is 14.9. The molecule has 0 unspecified atom stereocenters. The molecule has 17 heavy (non-hydrogen) atoms. The highest BCUT2D eigenvalue weighted by molar-refractivity contribution is 5.48. The van der Waals surface area contributed by atoms with Gasteiger partial charge in [0.2, 0.25) is 0 Å². The van der Waals surface area contributed by atoms with Crippen LogP contribution in [0.25, 0.3) is 0 Å². The maximum absolute atomic E-state index is 10.1. The number of hydrogen-bond acceptors (Lipinski definition) is 1. The number of rotatable bonds is 12. The summed E-state index contributed by atoms with van der Waals surface area (Å²) < 4.78 is 0. The molecule has 1 nitrogen and oxygen atoms in total. The summed E-state index contributed by atoms with van der Waals surface area (Å²) >= 11 is 0. The molecule has 0 saturated carbocycles. The molecule has 0 aliphatic rings. The summed E-state index contributed by atoms with van der Waals surface area (Å²) in [6.07, 6.45) is 21.8. The number of hydrogen-bond donors (Lipinski definition) is 0. The van der Waals surface area contributed by atoms with Crippen molar-refractivity contribution >= 4 is 6.29 Å². The Labute approximate surface area is 106 Å². The first kappa shape index (κ1) is 15.9. The molecule has 0 aliphatic carbocycles. The van der Waals surface area contributed by atoms with E-state index in [0.29, 0.717) is 6.42 Å². The molecule has 0 heterocycles. The minimum atomic E-state index is 0.714. The second-order valence-electron chi connectivity index (χ2n) is 4.22. The molecule has 0 aromatic rings. The Hall–Kier alpha value is -1.11. The number of aldehydes is 1. The van der Waals surface area contributed by atoms with Gasteiger partial charge in [-0.1, -0.05) is 43.4 Å². The quantitative estimate of drug-likeness (QED) is 0.201. The SMILES string of the molecule is C=C/C=C/CCCCC/C=C/CCCCC=O. The first-order valence-corrected chi connectivity index (χ1v) is 6.78. The summed E-state index contributed by atoms with van der Waals surface area (Å²) in [6.45, 7) is 3.64. The van der Waals surface area contributed by atoms with Crippen LogP contribution in [0.2, 0.25) is 0 Å². The fraction of sp³-hybridized carbons (Fsp3) is 0.562. The van der Waals surface area contributed by atoms with E-state index in [1.807, 2.05) is 12.2 Å². The van der Waals surface area contributed by atoms with E-state index in [2.05, 4.69) is 24.8 Å². The van der Waals surface area contributed by atoms with Crippen LogP contribution in [0.4, 0.5) is 0 Å². The predicted octanol–water partition coefficient (Wildman–Crippen LogP) is 4.99. The summed E-state index contributed by atoms with van der Waals surface area (Å²) in [6, 6.07) is 0. The molecule has 0 rings (SSSR count). The molecule has 0 saturated heterocycles. The highest BCUT2D eigenvalue weighted by atomic mass is 16.1. The van der Waals surface area contributed by atoms with Crippen molar-refractivity contribution in [2.24, 2.45) is 0 Å². The maximum atomic E-state index is 10.1. The third-order valence-electron chi connectivity index (χ3n) is 2.62. The number of carbonyl (C=O) groups excluding carboxylic acids is 1. The topological polar surface area (TPSA) is 17.1 Å². The van der Waals surface area contributed by atoms with E-state index in [9.17, 15) is 4.79 Å². The van der Waals surface area contributed by atoms with Crippen molar-refractivity contribution in [1.29, 1.82) is 0 Å². The van der Waals surface area contributed by atoms with Gasteiger partial charge in [-0.15, -0.1) is 0 Å². The molecule has 0 bridgehead atoms. The van der Waals surface area contributed by atoms with Crippen molar-refractivity contribution in [3.63, 3.8) is 0 Å². The first-order chi connectivity index (χ1) is 8.41. The van der Waals surface area contributed by atoms with Crippen LogP contribution in [0, 0.1) is 0 Å². The second-order valence-corrected chi connectivity index (χ2v) is 4.22. The van der Waals surface area contributed by atoms with Crippen molar-refractivity contribution in [3.05, 3.63) is 37.0 Å². The lowest BCUT2D eigenvalue weighted by atomic mass is 10.1. The van der Waals surface area contributed by atoms with Gasteiger partial charge in [-0.05, 0) is 44.9 Å². The molecular formula is C16H26O. The number of allylic oxidation sites excluding steroid dienone is 5. The third-order valence-corrected chi connectivity index (χ3v) is 2.62. The minimum absolute atomic E-state index is 0.714. The Kier molecular flexibility index (Phi) is 13.9. The largest absolute Gasteiger partial charge is 0.303 e. The van der Waals surface area contributed by atoms with Gasteiger partial charge in [0.25, 0.3) is 0 Å². The summed E-state index contributed by atoms with van der Waals surface area (Å²) in [5.74, 6) is 0. The van der Waals surface area contributed by atoms with Crippen LogP contribution in [-0.4, -0.2) is 6.29 Å². The van der Waals surface area contributed by atoms with Crippen molar-refractivity contribution in [3.8, 4) is 0 Å². The second kappa shape index (κ2) is 14.9. The van der Waals surface area contributed by atoms with E-state index in [4.69, 9.17) is 0 Å². The van der Waals surface area contributed by atoms with Gasteiger partial charge in [0.1, 0.15) is 6.29 Å². The molecule has 0 amide bonds. The van der Waals surface area contributed by atoms with Gasteiger partial charge in [0.15, 0.2) is 0 Å². The van der Waals surface area contributed by atoms with Crippen molar-refractivity contribution < 1.29 is 4.79 Å². The first-order valence-electron chi connectivity index (χ1n) is 6.78. The smallest absolute Gasteiger partial charge is 0.119 e. The molecular weight excluding hydrogens is 208 g/mol. The molecule has 0 aromatic heterocycles. The summed E-state index contributed by atoms with van der Waals surface area (Å²) in [4.78, 5) is 10.1. The van der Waals surface area contributed by atoms with Crippen LogP contribution in [0.15, 0.2) is 37.0 Å². The molecule has 0 N–H and O–H groups in total. The van der Waals surface area contributed by atoms with Gasteiger partial charge in [0.05, 0.1) is 0 Å². The van der Waals surface area contributed by atoms with Crippen LogP contribution in [0.5, 0.6) is 0 Å². The Bertz CT molecular complexity index is 226. The van der Waals surface area contributed by atoms with Crippen LogP contribution in [0.3, 0.4) is 0 Å². The zero-order valence-electron chi connectivity index (χ0n) is 10.9. The lowest BCUT2D eigenvalue weighted by molar-refractivity contribution is -0.107. The Morgan fingerprint density at radius 1 is 0.706 bits per heavy atom. The molecule has 1 heteroatoms. The average Bonchev–Trinajstić information content (AvgIpc) is 2.35. The van der Waals surface area contributed by atoms with Gasteiger partial charge < -0.3 is 4.79 Å². The summed E-state index contributed by atoms with van der Waals surface area (Å²) in [5.41, 5.74) is 0. The molecule has 0 spiro atoms. The Balaban J connectivity index is 3.11. The zero-order valence-corrected chi connectivity index (χ0v) is 10.9. The molecule has 96 valence electrons. The Morgan fingerprint density at radius 2 is 1.24 bits per heavy atom. The maximum Gasteiger partial charge on any atom is 0.119 e. The van der Waals surface area contributed by atoms with Crippen molar-refractivity contribution in [2.75, 3.05) is 0 Å². The Morgan fingerprint density at radius 3 is 1.82 bits per heavy atom. The van der Waals surface area contributed by atoms with Crippen LogP contribution < -0.4 is 0 Å². The molecule has 0 fully saturated rings. The number of carbonyl (C=O) groups is 1. The van der Waals surface area contributed by atoms with Gasteiger partial charge in [0, 0.05) is 6.42 Å². The number of unbranched alkanes of at least 4 members (excludes halogenated alkanes) is 7. The van der Waals surface area contributed by atoms with Crippen molar-refractivity contribution in [1.82, 2.24) is 0 Å². The average molecular weight is 234 g/mol. The summed E-state index contributed by atoms with van der Waals surface area (Å²) in [5, 5.41) is 0. The van der Waals surface area contributed by atoms with Crippen molar-refractivity contribution in [2.45, 2.75) is 57.8 Å². The van der Waals surface area contributed by atoms with E-state index in [1.165, 1.54) is 32.1 Å². The monoisotopic (exact) mass is 234 g/mol. The standard InChI is InChI=1S/C16H26O/c1-2-3-4-5-6-7-8-9-10-11-12-13-14-15-16-17/h2-4,10-11,16H,1,5-9,12-15H2/b4-3+,11-10+. The van der Waals surface area contributed by atoms with Gasteiger partial charge >= 0.3 is 0 Å². The summed E-state index contributed by atoms with van der Waals surface area (Å²) in [7, 11) is 0. The zero-order chi connectivity index (χ0) is 12.6. The normalized spacial score (nSPS) is 11.3. The van der Waals surface area contributed by atoms with Crippen LogP contribution in [-0.2, 0) is 4.79 Å². The lowest BCUT2D eigenvalue weighted by Gasteiger charge is -1.95. The fourth-order valence-electron chi connectivity index (χ4n) is 1.62.